The number of hydrogen-bond donors (Lipinski definition) is 3. The number of ether oxygens (including phenoxy) is 5. The molecule has 1 aromatic rings. The molecule has 4 amide bonds. The fraction of sp³-hybridized carbons (Fsp3) is 0.667. The summed E-state index contributed by atoms with van der Waals surface area (Å²) < 4.78 is 27.6. The molecule has 3 N–H and O–H groups in total. The van der Waals surface area contributed by atoms with Gasteiger partial charge in [-0.15, -0.1) is 24.8 Å². The number of imide groups is 1. The van der Waals surface area contributed by atoms with E-state index in [9.17, 15) is 19.2 Å². The van der Waals surface area contributed by atoms with E-state index in [0.29, 0.717) is 69.7 Å². The second-order valence-electron chi connectivity index (χ2n) is 10.7. The van der Waals surface area contributed by atoms with Crippen LogP contribution in [0.3, 0.4) is 0 Å². The van der Waals surface area contributed by atoms with Gasteiger partial charge >= 0.3 is 0 Å². The summed E-state index contributed by atoms with van der Waals surface area (Å²) in [5.41, 5.74) is 1.63. The molecule has 1 atom stereocenters. The molecule has 1 aromatic carbocycles. The van der Waals surface area contributed by atoms with E-state index in [4.69, 9.17) is 23.7 Å². The first-order valence-electron chi connectivity index (χ1n) is 15.4. The number of benzene rings is 1. The van der Waals surface area contributed by atoms with Crippen molar-refractivity contribution in [2.24, 2.45) is 0 Å². The third-order valence-electron chi connectivity index (χ3n) is 7.58. The maximum absolute atomic E-state index is 12.9. The van der Waals surface area contributed by atoms with Crippen LogP contribution < -0.4 is 16.0 Å². The second kappa shape index (κ2) is 22.2. The van der Waals surface area contributed by atoms with Crippen LogP contribution in [0.2, 0.25) is 0 Å². The number of piperazine rings is 1. The van der Waals surface area contributed by atoms with Crippen LogP contribution in [0.1, 0.15) is 35.2 Å². The Hall–Kier alpha value is -2.40. The highest BCUT2D eigenvalue weighted by Gasteiger charge is 2.39. The lowest BCUT2D eigenvalue weighted by molar-refractivity contribution is -0.137. The first-order chi connectivity index (χ1) is 21.5. The molecule has 0 aromatic heterocycles. The van der Waals surface area contributed by atoms with Crippen molar-refractivity contribution in [2.75, 3.05) is 104 Å². The Kier molecular flexibility index (Phi) is 19.2. The Bertz CT molecular complexity index is 1110. The number of carbonyl (C=O) groups is 4. The molecule has 0 aliphatic carbocycles. The van der Waals surface area contributed by atoms with Gasteiger partial charge in [-0.25, -0.2) is 0 Å². The van der Waals surface area contributed by atoms with E-state index in [1.807, 2.05) is 0 Å². The average Bonchev–Trinajstić information content (AvgIpc) is 3.36. The number of hydrogen-bond acceptors (Lipinski definition) is 11. The summed E-state index contributed by atoms with van der Waals surface area (Å²) in [4.78, 5) is 53.1. The molecule has 2 fully saturated rings. The standard InChI is InChI=1S/C30H45N5O9.2ClH/c36-27-5-4-26(29(38)33-27)35-22-24-23(30(35)39)2-1-3-25(24)32-28(37)6-12-40-14-16-42-18-20-44-21-19-43-17-15-41-13-11-34-9-7-31-8-10-34;;/h1-3,26,31H,4-22H2,(H,32,37)(H,33,36,38);2*1H. The van der Waals surface area contributed by atoms with E-state index in [1.54, 1.807) is 18.2 Å². The summed E-state index contributed by atoms with van der Waals surface area (Å²) in [6, 6.07) is 4.39. The number of fused-ring (bicyclic) bond motifs is 1. The second-order valence-corrected chi connectivity index (χ2v) is 10.7. The summed E-state index contributed by atoms with van der Waals surface area (Å²) in [6.45, 7) is 10.1. The minimum absolute atomic E-state index is 0. The lowest BCUT2D eigenvalue weighted by atomic mass is 10.0. The number of piperidine rings is 1. The molecule has 46 heavy (non-hydrogen) atoms. The number of rotatable bonds is 20. The third kappa shape index (κ3) is 13.0. The summed E-state index contributed by atoms with van der Waals surface area (Å²) in [5, 5.41) is 8.47. The largest absolute Gasteiger partial charge is 0.379 e. The summed E-state index contributed by atoms with van der Waals surface area (Å²) in [7, 11) is 0. The van der Waals surface area contributed by atoms with Gasteiger partial charge in [-0.1, -0.05) is 6.07 Å². The Labute approximate surface area is 282 Å². The van der Waals surface area contributed by atoms with Crippen molar-refractivity contribution in [3.8, 4) is 0 Å². The maximum atomic E-state index is 12.9. The van der Waals surface area contributed by atoms with Crippen LogP contribution >= 0.6 is 24.8 Å². The molecule has 0 bridgehead atoms. The van der Waals surface area contributed by atoms with Gasteiger partial charge in [-0.2, -0.15) is 0 Å². The Morgan fingerprint density at radius 3 is 2.02 bits per heavy atom. The van der Waals surface area contributed by atoms with E-state index < -0.39 is 11.9 Å². The van der Waals surface area contributed by atoms with Crippen LogP contribution in [0, 0.1) is 0 Å². The lowest BCUT2D eigenvalue weighted by Gasteiger charge is -2.29. The number of nitrogens with one attached hydrogen (secondary N) is 3. The van der Waals surface area contributed by atoms with E-state index >= 15 is 0 Å². The first-order valence-corrected chi connectivity index (χ1v) is 15.4. The Morgan fingerprint density at radius 1 is 0.826 bits per heavy atom. The first kappa shape index (κ1) is 39.8. The molecule has 4 rings (SSSR count). The number of amides is 4. The molecule has 0 saturated carbocycles. The molecular weight excluding hydrogens is 645 g/mol. The van der Waals surface area contributed by atoms with E-state index in [-0.39, 0.29) is 74.9 Å². The van der Waals surface area contributed by atoms with E-state index in [1.165, 1.54) is 4.90 Å². The predicted octanol–water partition coefficient (Wildman–Crippen LogP) is 0.608. The van der Waals surface area contributed by atoms with E-state index in [2.05, 4.69) is 20.9 Å². The van der Waals surface area contributed by atoms with Crippen molar-refractivity contribution in [3.05, 3.63) is 29.3 Å². The van der Waals surface area contributed by atoms with Crippen LogP contribution in [-0.2, 0) is 44.6 Å². The number of halogens is 2. The van der Waals surface area contributed by atoms with Gasteiger partial charge in [-0.05, 0) is 18.6 Å². The molecule has 2 saturated heterocycles. The van der Waals surface area contributed by atoms with Gasteiger partial charge in [0.15, 0.2) is 0 Å². The van der Waals surface area contributed by atoms with Crippen molar-refractivity contribution in [1.29, 1.82) is 0 Å². The van der Waals surface area contributed by atoms with Gasteiger partial charge in [0.05, 0.1) is 72.5 Å². The zero-order valence-electron chi connectivity index (χ0n) is 26.1. The van der Waals surface area contributed by atoms with Crippen molar-refractivity contribution in [3.63, 3.8) is 0 Å². The highest BCUT2D eigenvalue weighted by Crippen LogP contribution is 2.32. The minimum Gasteiger partial charge on any atom is -0.379 e. The molecule has 3 aliphatic rings. The fourth-order valence-electron chi connectivity index (χ4n) is 5.19. The predicted molar refractivity (Wildman–Crippen MR) is 174 cm³/mol. The smallest absolute Gasteiger partial charge is 0.255 e. The highest BCUT2D eigenvalue weighted by molar-refractivity contribution is 6.06. The maximum Gasteiger partial charge on any atom is 0.255 e. The molecule has 260 valence electrons. The van der Waals surface area contributed by atoms with Gasteiger partial charge in [-0.3, -0.25) is 29.4 Å². The minimum atomic E-state index is -0.708. The lowest BCUT2D eigenvalue weighted by Crippen LogP contribution is -2.52. The van der Waals surface area contributed by atoms with Gasteiger partial charge in [0.2, 0.25) is 17.7 Å². The molecule has 14 nitrogen and oxygen atoms in total. The van der Waals surface area contributed by atoms with Crippen LogP contribution in [0.5, 0.6) is 0 Å². The average molecular weight is 693 g/mol. The van der Waals surface area contributed by atoms with Crippen molar-refractivity contribution < 1.29 is 42.9 Å². The monoisotopic (exact) mass is 691 g/mol. The van der Waals surface area contributed by atoms with Gasteiger partial charge in [0.25, 0.3) is 5.91 Å². The van der Waals surface area contributed by atoms with Crippen LogP contribution in [0.4, 0.5) is 5.69 Å². The van der Waals surface area contributed by atoms with Gasteiger partial charge < -0.3 is 39.2 Å². The molecule has 16 heteroatoms. The Balaban J connectivity index is 0.00000368. The molecular formula is C30H47Cl2N5O9. The topological polar surface area (TPSA) is 157 Å². The molecule has 0 radical (unpaired) electrons. The van der Waals surface area contributed by atoms with Crippen LogP contribution in [0.15, 0.2) is 18.2 Å². The zero-order chi connectivity index (χ0) is 31.0. The summed E-state index contributed by atoms with van der Waals surface area (Å²) in [5.74, 6) is -1.34. The van der Waals surface area contributed by atoms with Gasteiger partial charge in [0, 0.05) is 62.5 Å². The molecule has 3 aliphatic heterocycles. The number of carbonyl (C=O) groups excluding carboxylic acids is 4. The number of nitrogens with zero attached hydrogens (tertiary/aromatic N) is 2. The number of anilines is 1. The molecule has 1 unspecified atom stereocenters. The van der Waals surface area contributed by atoms with Crippen LogP contribution in [0.25, 0.3) is 0 Å². The fourth-order valence-corrected chi connectivity index (χ4v) is 5.19. The molecule has 3 heterocycles. The third-order valence-corrected chi connectivity index (χ3v) is 7.58. The van der Waals surface area contributed by atoms with Crippen molar-refractivity contribution in [1.82, 2.24) is 20.4 Å². The van der Waals surface area contributed by atoms with Gasteiger partial charge in [0.1, 0.15) is 6.04 Å². The quantitative estimate of drug-likeness (QED) is 0.130. The van der Waals surface area contributed by atoms with Crippen molar-refractivity contribution in [2.45, 2.75) is 31.8 Å². The van der Waals surface area contributed by atoms with Crippen molar-refractivity contribution >= 4 is 54.1 Å². The normalized spacial score (nSPS) is 18.0. The van der Waals surface area contributed by atoms with Crippen LogP contribution in [-0.4, -0.2) is 138 Å². The van der Waals surface area contributed by atoms with E-state index in [0.717, 1.165) is 39.3 Å². The highest BCUT2D eigenvalue weighted by atomic mass is 35.5. The summed E-state index contributed by atoms with van der Waals surface area (Å²) in [6.07, 6.45) is 0.602. The summed E-state index contributed by atoms with van der Waals surface area (Å²) >= 11 is 0. The SMILES string of the molecule is Cl.Cl.O=C1CCC(N2Cc3c(NC(=O)CCOCCOCCOCCOCCOCCN4CCNCC4)cccc3C2=O)C(=O)N1. The zero-order valence-corrected chi connectivity index (χ0v) is 27.8. The Morgan fingerprint density at radius 2 is 1.41 bits per heavy atom. The molecule has 0 spiro atoms.